The molecule has 3 N–H and O–H groups in total. The maximum atomic E-state index is 11.1. The van der Waals surface area contributed by atoms with Crippen LogP contribution >= 0.6 is 11.8 Å². The predicted molar refractivity (Wildman–Crippen MR) is 63.8 cm³/mol. The predicted octanol–water partition coefficient (Wildman–Crippen LogP) is -1.01. The second-order valence-electron chi connectivity index (χ2n) is 2.86. The minimum atomic E-state index is -4.40. The Morgan fingerprint density at radius 2 is 2.29 bits per heavy atom. The van der Waals surface area contributed by atoms with E-state index in [2.05, 4.69) is 6.58 Å². The van der Waals surface area contributed by atoms with Gasteiger partial charge >= 0.3 is 114 Å². The summed E-state index contributed by atoms with van der Waals surface area (Å²) in [6.45, 7) is 3.38. The van der Waals surface area contributed by atoms with E-state index in [1.54, 1.807) is 6.19 Å². The van der Waals surface area contributed by atoms with Gasteiger partial charge in [0.15, 0.2) is 0 Å². The van der Waals surface area contributed by atoms with Crippen molar-refractivity contribution in [3.8, 4) is 6.19 Å². The Kier molecular flexibility index (Phi) is 4.42. The second kappa shape index (κ2) is 5.26. The van der Waals surface area contributed by atoms with Gasteiger partial charge in [-0.05, 0) is 0 Å². The molecule has 7 nitrogen and oxygen atoms in total. The van der Waals surface area contributed by atoms with Gasteiger partial charge in [0, 0.05) is 0 Å². The molecule has 10 heteroatoms. The van der Waals surface area contributed by atoms with E-state index in [1.165, 1.54) is 2.89 Å². The van der Waals surface area contributed by atoms with Gasteiger partial charge in [-0.3, -0.25) is 0 Å². The Morgan fingerprint density at radius 3 is 2.71 bits per heavy atom. The Morgan fingerprint density at radius 1 is 1.71 bits per heavy atom. The summed E-state index contributed by atoms with van der Waals surface area (Å²) < 4.78 is 32.6. The molecule has 1 heterocycles. The van der Waals surface area contributed by atoms with E-state index in [0.29, 0.717) is 2.59 Å². The van der Waals surface area contributed by atoms with Gasteiger partial charge in [-0.1, -0.05) is 0 Å². The fraction of sp³-hybridized carbons (Fsp3) is 0. The van der Waals surface area contributed by atoms with Crippen LogP contribution in [0.4, 0.5) is 0 Å². The van der Waals surface area contributed by atoms with Crippen molar-refractivity contribution in [1.29, 1.82) is 5.26 Å². The molecule has 0 unspecified atom stereocenters. The van der Waals surface area contributed by atoms with E-state index in [-0.39, 0.29) is 9.81 Å². The third-order valence-electron chi connectivity index (χ3n) is 1.66. The van der Waals surface area contributed by atoms with E-state index < -0.39 is 38.7 Å². The number of rotatable bonds is 4. The van der Waals surface area contributed by atoms with Crippen LogP contribution in [0.1, 0.15) is 0 Å². The molecule has 88 valence electrons. The van der Waals surface area contributed by atoms with Crippen LogP contribution in [0.5, 0.6) is 0 Å². The SMILES string of the molecule is C=C(S[C]1=[In][N](C#N)C=C1S(=O)(=O)O)C(N)=O. The summed E-state index contributed by atoms with van der Waals surface area (Å²) in [7, 11) is -4.40. The monoisotopic (exact) mass is 375 g/mol. The quantitative estimate of drug-likeness (QED) is 0.367. The van der Waals surface area contributed by atoms with Gasteiger partial charge in [-0.2, -0.15) is 0 Å². The summed E-state index contributed by atoms with van der Waals surface area (Å²) in [5.74, 6) is -0.768. The summed E-state index contributed by atoms with van der Waals surface area (Å²) in [4.78, 5) is 10.4. The van der Waals surface area contributed by atoms with Crippen LogP contribution < -0.4 is 5.73 Å². The molecule has 1 aliphatic rings. The molecule has 0 radical (unpaired) electrons. The first kappa shape index (κ1) is 14.3. The van der Waals surface area contributed by atoms with E-state index in [4.69, 9.17) is 15.5 Å². The average Bonchev–Trinajstić information content (AvgIpc) is 2.60. The molecule has 0 aliphatic carbocycles. The van der Waals surface area contributed by atoms with Crippen molar-refractivity contribution in [2.24, 2.45) is 5.73 Å². The number of carbonyl (C=O) groups excluding carboxylic acids is 1. The second-order valence-corrected chi connectivity index (χ2v) is 10.6. The molecule has 0 atom stereocenters. The van der Waals surface area contributed by atoms with E-state index in [0.717, 1.165) is 18.0 Å². The summed E-state index contributed by atoms with van der Waals surface area (Å²) in [5.41, 5.74) is 4.97. The number of thioether (sulfide) groups is 1. The van der Waals surface area contributed by atoms with Crippen molar-refractivity contribution >= 4 is 53.1 Å². The summed E-state index contributed by atoms with van der Waals surface area (Å²) >= 11 is -1.07. The average molecular weight is 375 g/mol. The van der Waals surface area contributed by atoms with Crippen LogP contribution in [0.3, 0.4) is 0 Å². The molecule has 0 bridgehead atoms. The van der Waals surface area contributed by atoms with Gasteiger partial charge in [-0.25, -0.2) is 0 Å². The summed E-state index contributed by atoms with van der Waals surface area (Å²) in [6.07, 6.45) is 2.85. The third kappa shape index (κ3) is 3.60. The number of primary amides is 1. The fourth-order valence-corrected chi connectivity index (χ4v) is 8.91. The number of nitrogens with two attached hydrogens (primary N) is 1. The molecule has 0 fully saturated rings. The zero-order valence-electron chi connectivity index (χ0n) is 8.32. The van der Waals surface area contributed by atoms with Crippen LogP contribution in [-0.2, 0) is 14.9 Å². The van der Waals surface area contributed by atoms with Crippen molar-refractivity contribution in [1.82, 2.24) is 2.89 Å². The van der Waals surface area contributed by atoms with Crippen LogP contribution in [-0.4, -0.2) is 47.1 Å². The number of hydrogen-bond acceptors (Lipinski definition) is 6. The molecule has 1 rings (SSSR count). The zero-order chi connectivity index (χ0) is 13.2. The van der Waals surface area contributed by atoms with Crippen LogP contribution in [0.15, 0.2) is 22.6 Å². The van der Waals surface area contributed by atoms with Crippen LogP contribution in [0.2, 0.25) is 0 Å². The van der Waals surface area contributed by atoms with Crippen molar-refractivity contribution < 1.29 is 17.8 Å². The van der Waals surface area contributed by atoms with Crippen molar-refractivity contribution in [3.05, 3.63) is 22.6 Å². The summed E-state index contributed by atoms with van der Waals surface area (Å²) in [5, 5.41) is 8.68. The van der Waals surface area contributed by atoms with Gasteiger partial charge in [0.05, 0.1) is 0 Å². The first-order valence-corrected chi connectivity index (χ1v) is 9.39. The van der Waals surface area contributed by atoms with E-state index in [1.807, 2.05) is 0 Å². The van der Waals surface area contributed by atoms with Gasteiger partial charge in [0.2, 0.25) is 0 Å². The van der Waals surface area contributed by atoms with Gasteiger partial charge in [-0.15, -0.1) is 0 Å². The topological polar surface area (TPSA) is 124 Å². The molecular weight excluding hydrogens is 369 g/mol. The zero-order valence-corrected chi connectivity index (χ0v) is 13.3. The Labute approximate surface area is 113 Å². The molecule has 1 aliphatic heterocycles. The number of carbonyl (C=O) groups is 1. The molecular formula is C7H6InN3O4S2. The standard InChI is InChI=1S/C7H7N3O4S2.In/c1-5(7(9)11)15-3-6(2-10-4-8)16(12,13)14;/h2,8H,1H2,(H3,9,11,12,13,14);/q;+1/p-1. The Balaban J connectivity index is 3.08. The van der Waals surface area contributed by atoms with Crippen molar-refractivity contribution in [3.63, 3.8) is 0 Å². The number of nitriles is 1. The minimum absolute atomic E-state index is 0.0272. The Bertz CT molecular complexity index is 587. The molecule has 0 aromatic carbocycles. The first-order valence-electron chi connectivity index (χ1n) is 4.02. The Hall–Kier alpha value is -0.760. The normalized spacial score (nSPS) is 14.5. The van der Waals surface area contributed by atoms with Crippen LogP contribution in [0.25, 0.3) is 0 Å². The van der Waals surface area contributed by atoms with Gasteiger partial charge in [0.25, 0.3) is 0 Å². The molecule has 17 heavy (non-hydrogen) atoms. The number of hydrogen-bond donors (Lipinski definition) is 2. The number of amides is 1. The molecule has 0 aromatic heterocycles. The molecule has 0 aromatic rings. The summed E-state index contributed by atoms with van der Waals surface area (Å²) in [6, 6.07) is 0. The fourth-order valence-electron chi connectivity index (χ4n) is 0.928. The van der Waals surface area contributed by atoms with Crippen LogP contribution in [0, 0.1) is 11.5 Å². The van der Waals surface area contributed by atoms with E-state index >= 15 is 0 Å². The molecule has 0 saturated heterocycles. The van der Waals surface area contributed by atoms with Gasteiger partial charge < -0.3 is 0 Å². The maximum absolute atomic E-state index is 11.1. The molecule has 0 spiro atoms. The van der Waals surface area contributed by atoms with Crippen molar-refractivity contribution in [2.45, 2.75) is 0 Å². The van der Waals surface area contributed by atoms with E-state index in [9.17, 15) is 13.2 Å². The van der Waals surface area contributed by atoms with Gasteiger partial charge in [0.1, 0.15) is 0 Å². The molecule has 1 amide bonds. The number of nitrogens with zero attached hydrogens (tertiary/aromatic N) is 2. The van der Waals surface area contributed by atoms with Crippen molar-refractivity contribution in [2.75, 3.05) is 0 Å². The third-order valence-corrected chi connectivity index (χ3v) is 8.97. The molecule has 0 saturated carbocycles. The first-order chi connectivity index (χ1) is 7.75.